The standard InChI is InChI=1S/C16H20ClN3O/c1-13-10-19(6-3-7-21-13)11-14-9-18-20(12-14)16-5-2-4-15(17)8-16/h2,4-5,8-9,12-13H,3,6-7,10-11H2,1H3/t13-/m0/s1. The van der Waals surface area contributed by atoms with Gasteiger partial charge in [-0.25, -0.2) is 4.68 Å². The number of nitrogens with zero attached hydrogens (tertiary/aromatic N) is 3. The molecule has 1 aromatic heterocycles. The Morgan fingerprint density at radius 2 is 2.33 bits per heavy atom. The van der Waals surface area contributed by atoms with Crippen LogP contribution < -0.4 is 0 Å². The fourth-order valence-electron chi connectivity index (χ4n) is 2.68. The van der Waals surface area contributed by atoms with Gasteiger partial charge in [-0.05, 0) is 31.5 Å². The highest BCUT2D eigenvalue weighted by atomic mass is 35.5. The molecule has 1 atom stereocenters. The lowest BCUT2D eigenvalue weighted by atomic mass is 10.3. The van der Waals surface area contributed by atoms with Crippen LogP contribution in [0.15, 0.2) is 36.7 Å². The molecular formula is C16H20ClN3O. The first-order valence-electron chi connectivity index (χ1n) is 7.34. The van der Waals surface area contributed by atoms with E-state index in [1.54, 1.807) is 0 Å². The van der Waals surface area contributed by atoms with Gasteiger partial charge in [0.15, 0.2) is 0 Å². The maximum absolute atomic E-state index is 6.03. The minimum Gasteiger partial charge on any atom is -0.377 e. The van der Waals surface area contributed by atoms with E-state index < -0.39 is 0 Å². The topological polar surface area (TPSA) is 30.3 Å². The summed E-state index contributed by atoms with van der Waals surface area (Å²) in [6.07, 6.45) is 5.39. The van der Waals surface area contributed by atoms with Gasteiger partial charge in [0.25, 0.3) is 0 Å². The van der Waals surface area contributed by atoms with Gasteiger partial charge < -0.3 is 4.74 Å². The van der Waals surface area contributed by atoms with E-state index in [2.05, 4.69) is 23.1 Å². The minimum absolute atomic E-state index is 0.301. The predicted octanol–water partition coefficient (Wildman–Crippen LogP) is 3.14. The molecule has 1 fully saturated rings. The van der Waals surface area contributed by atoms with Gasteiger partial charge in [0.2, 0.25) is 0 Å². The van der Waals surface area contributed by atoms with Crippen molar-refractivity contribution in [2.75, 3.05) is 19.7 Å². The summed E-state index contributed by atoms with van der Waals surface area (Å²) < 4.78 is 7.56. The molecule has 0 spiro atoms. The molecule has 4 nitrogen and oxygen atoms in total. The molecule has 5 heteroatoms. The zero-order valence-electron chi connectivity index (χ0n) is 12.2. The van der Waals surface area contributed by atoms with Crippen molar-refractivity contribution in [1.82, 2.24) is 14.7 Å². The second-order valence-electron chi connectivity index (χ2n) is 5.54. The van der Waals surface area contributed by atoms with E-state index in [1.807, 2.05) is 35.1 Å². The molecule has 1 aromatic carbocycles. The normalized spacial score (nSPS) is 20.4. The van der Waals surface area contributed by atoms with E-state index in [9.17, 15) is 0 Å². The van der Waals surface area contributed by atoms with Crippen LogP contribution in [0.25, 0.3) is 5.69 Å². The average molecular weight is 306 g/mol. The summed E-state index contributed by atoms with van der Waals surface area (Å²) in [5, 5.41) is 5.16. The lowest BCUT2D eigenvalue weighted by Crippen LogP contribution is -2.29. The van der Waals surface area contributed by atoms with Crippen LogP contribution in [0.5, 0.6) is 0 Å². The van der Waals surface area contributed by atoms with E-state index in [1.165, 1.54) is 5.56 Å². The van der Waals surface area contributed by atoms with Crippen molar-refractivity contribution in [1.29, 1.82) is 0 Å². The first-order chi connectivity index (χ1) is 10.2. The SMILES string of the molecule is C[C@H]1CN(Cc2cnn(-c3cccc(Cl)c3)c2)CCCO1. The molecule has 0 aliphatic carbocycles. The maximum atomic E-state index is 6.03. The van der Waals surface area contributed by atoms with E-state index >= 15 is 0 Å². The molecule has 0 N–H and O–H groups in total. The number of hydrogen-bond acceptors (Lipinski definition) is 3. The Bertz CT molecular complexity index is 599. The van der Waals surface area contributed by atoms with Crippen molar-refractivity contribution in [2.24, 2.45) is 0 Å². The molecule has 1 saturated heterocycles. The third kappa shape index (κ3) is 3.84. The highest BCUT2D eigenvalue weighted by Crippen LogP contribution is 2.16. The molecular weight excluding hydrogens is 286 g/mol. The molecule has 112 valence electrons. The van der Waals surface area contributed by atoms with Crippen LogP contribution in [-0.4, -0.2) is 40.5 Å². The maximum Gasteiger partial charge on any atom is 0.0674 e. The highest BCUT2D eigenvalue weighted by Gasteiger charge is 2.15. The molecule has 0 saturated carbocycles. The summed E-state index contributed by atoms with van der Waals surface area (Å²) >= 11 is 6.03. The summed E-state index contributed by atoms with van der Waals surface area (Å²) in [6, 6.07) is 7.73. The Morgan fingerprint density at radius 1 is 1.43 bits per heavy atom. The van der Waals surface area contributed by atoms with Crippen LogP contribution in [0.4, 0.5) is 0 Å². The molecule has 1 aliphatic heterocycles. The van der Waals surface area contributed by atoms with Gasteiger partial charge >= 0.3 is 0 Å². The Balaban J connectivity index is 1.70. The molecule has 0 bridgehead atoms. The number of halogens is 1. The smallest absolute Gasteiger partial charge is 0.0674 e. The number of ether oxygens (including phenoxy) is 1. The zero-order valence-corrected chi connectivity index (χ0v) is 13.0. The van der Waals surface area contributed by atoms with Crippen LogP contribution in [0.1, 0.15) is 18.9 Å². The summed E-state index contributed by atoms with van der Waals surface area (Å²) in [7, 11) is 0. The van der Waals surface area contributed by atoms with Crippen molar-refractivity contribution in [3.8, 4) is 5.69 Å². The van der Waals surface area contributed by atoms with Gasteiger partial charge in [0.05, 0.1) is 18.0 Å². The molecule has 21 heavy (non-hydrogen) atoms. The van der Waals surface area contributed by atoms with Crippen LogP contribution in [-0.2, 0) is 11.3 Å². The summed E-state index contributed by atoms with van der Waals surface area (Å²) in [5.74, 6) is 0. The van der Waals surface area contributed by atoms with E-state index in [0.717, 1.165) is 43.4 Å². The monoisotopic (exact) mass is 305 g/mol. The van der Waals surface area contributed by atoms with Crippen molar-refractivity contribution in [3.05, 3.63) is 47.2 Å². The third-order valence-electron chi connectivity index (χ3n) is 3.65. The van der Waals surface area contributed by atoms with Gasteiger partial charge in [-0.15, -0.1) is 0 Å². The second kappa shape index (κ2) is 6.60. The molecule has 0 radical (unpaired) electrons. The fourth-order valence-corrected chi connectivity index (χ4v) is 2.87. The average Bonchev–Trinajstić information content (AvgIpc) is 2.82. The highest BCUT2D eigenvalue weighted by molar-refractivity contribution is 6.30. The Labute approximate surface area is 130 Å². The van der Waals surface area contributed by atoms with E-state index in [-0.39, 0.29) is 0 Å². The molecule has 2 heterocycles. The zero-order chi connectivity index (χ0) is 14.7. The number of aromatic nitrogens is 2. The van der Waals surface area contributed by atoms with Crippen molar-refractivity contribution < 1.29 is 4.74 Å². The van der Waals surface area contributed by atoms with Gasteiger partial charge in [-0.3, -0.25) is 4.90 Å². The quantitative estimate of drug-likeness (QED) is 0.873. The lowest BCUT2D eigenvalue weighted by molar-refractivity contribution is 0.0668. The Morgan fingerprint density at radius 3 is 3.19 bits per heavy atom. The van der Waals surface area contributed by atoms with Crippen molar-refractivity contribution in [3.63, 3.8) is 0 Å². The molecule has 3 rings (SSSR count). The largest absolute Gasteiger partial charge is 0.377 e. The van der Waals surface area contributed by atoms with E-state index in [0.29, 0.717) is 6.10 Å². The Kier molecular flexibility index (Phi) is 4.58. The number of rotatable bonds is 3. The second-order valence-corrected chi connectivity index (χ2v) is 5.98. The van der Waals surface area contributed by atoms with Gasteiger partial charge in [-0.2, -0.15) is 5.10 Å². The van der Waals surface area contributed by atoms with Crippen molar-refractivity contribution >= 4 is 11.6 Å². The molecule has 2 aromatic rings. The van der Waals surface area contributed by atoms with Crippen LogP contribution >= 0.6 is 11.6 Å². The van der Waals surface area contributed by atoms with E-state index in [4.69, 9.17) is 16.3 Å². The lowest BCUT2D eigenvalue weighted by Gasteiger charge is -2.20. The van der Waals surface area contributed by atoms with Crippen LogP contribution in [0.3, 0.4) is 0 Å². The molecule has 0 amide bonds. The van der Waals surface area contributed by atoms with Crippen LogP contribution in [0.2, 0.25) is 5.02 Å². The summed E-state index contributed by atoms with van der Waals surface area (Å²) in [5.41, 5.74) is 2.20. The first kappa shape index (κ1) is 14.6. The molecule has 1 aliphatic rings. The minimum atomic E-state index is 0.301. The Hall–Kier alpha value is -1.36. The van der Waals surface area contributed by atoms with Gasteiger partial charge in [-0.1, -0.05) is 17.7 Å². The number of hydrogen-bond donors (Lipinski definition) is 0. The fraction of sp³-hybridized carbons (Fsp3) is 0.438. The van der Waals surface area contributed by atoms with Crippen LogP contribution in [0, 0.1) is 0 Å². The van der Waals surface area contributed by atoms with Crippen molar-refractivity contribution in [2.45, 2.75) is 26.0 Å². The summed E-state index contributed by atoms with van der Waals surface area (Å²) in [4.78, 5) is 2.43. The molecule has 0 unspecified atom stereocenters. The predicted molar refractivity (Wildman–Crippen MR) is 83.9 cm³/mol. The van der Waals surface area contributed by atoms with Gasteiger partial charge in [0, 0.05) is 43.0 Å². The summed E-state index contributed by atoms with van der Waals surface area (Å²) in [6.45, 7) is 5.95. The first-order valence-corrected chi connectivity index (χ1v) is 7.72. The number of benzene rings is 1. The van der Waals surface area contributed by atoms with Gasteiger partial charge in [0.1, 0.15) is 0 Å². The third-order valence-corrected chi connectivity index (χ3v) is 3.89.